The lowest BCUT2D eigenvalue weighted by atomic mass is 9.97. The Hall–Kier alpha value is -3.22. The van der Waals surface area contributed by atoms with Gasteiger partial charge in [-0.3, -0.25) is 24.0 Å². The van der Waals surface area contributed by atoms with Gasteiger partial charge in [-0.2, -0.15) is 0 Å². The second kappa shape index (κ2) is 15.1. The Bertz CT molecular complexity index is 849. The van der Waals surface area contributed by atoms with Crippen molar-refractivity contribution in [2.75, 3.05) is 13.1 Å². The SMILES string of the molecule is CCC(C)C(NC(=O)CNC(=O)C(N)CC(C)C)C(=O)N1CCCC1C(=O)NC(CCC(=O)O)C(=O)O. The highest BCUT2D eigenvalue weighted by molar-refractivity contribution is 5.95. The fourth-order valence-electron chi connectivity index (χ4n) is 4.10. The van der Waals surface area contributed by atoms with Crippen LogP contribution in [0.25, 0.3) is 0 Å². The molecule has 0 aliphatic carbocycles. The van der Waals surface area contributed by atoms with E-state index < -0.39 is 66.2 Å². The van der Waals surface area contributed by atoms with Gasteiger partial charge in [0.05, 0.1) is 12.6 Å². The first-order chi connectivity index (χ1) is 17.3. The van der Waals surface area contributed by atoms with Crippen LogP contribution in [0.3, 0.4) is 0 Å². The maximum atomic E-state index is 13.4. The third-order valence-corrected chi connectivity index (χ3v) is 6.38. The van der Waals surface area contributed by atoms with Crippen LogP contribution >= 0.6 is 0 Å². The van der Waals surface area contributed by atoms with E-state index in [1.807, 2.05) is 20.8 Å². The summed E-state index contributed by atoms with van der Waals surface area (Å²) in [7, 11) is 0. The third-order valence-electron chi connectivity index (χ3n) is 6.38. The van der Waals surface area contributed by atoms with Gasteiger partial charge < -0.3 is 36.8 Å². The summed E-state index contributed by atoms with van der Waals surface area (Å²) in [4.78, 5) is 74.6. The molecule has 0 radical (unpaired) electrons. The molecule has 0 aromatic rings. The minimum Gasteiger partial charge on any atom is -0.481 e. The first-order valence-corrected chi connectivity index (χ1v) is 12.7. The largest absolute Gasteiger partial charge is 0.481 e. The maximum Gasteiger partial charge on any atom is 0.326 e. The molecule has 7 N–H and O–H groups in total. The first kappa shape index (κ1) is 31.8. The molecule has 0 aromatic heterocycles. The summed E-state index contributed by atoms with van der Waals surface area (Å²) in [5.41, 5.74) is 5.83. The van der Waals surface area contributed by atoms with Gasteiger partial charge in [-0.15, -0.1) is 0 Å². The number of likely N-dealkylation sites (tertiary alicyclic amines) is 1. The van der Waals surface area contributed by atoms with E-state index in [1.165, 1.54) is 4.90 Å². The molecule has 1 rings (SSSR count). The molecule has 0 spiro atoms. The number of nitrogens with two attached hydrogens (primary N) is 1. The summed E-state index contributed by atoms with van der Waals surface area (Å²) in [6, 6.07) is -4.07. The molecule has 1 aliphatic heterocycles. The van der Waals surface area contributed by atoms with Crippen LogP contribution in [0.4, 0.5) is 0 Å². The number of carboxylic acids is 2. The topological polar surface area (TPSA) is 208 Å². The zero-order valence-electron chi connectivity index (χ0n) is 22.0. The molecule has 0 saturated carbocycles. The van der Waals surface area contributed by atoms with Gasteiger partial charge in [-0.05, 0) is 37.5 Å². The highest BCUT2D eigenvalue weighted by atomic mass is 16.4. The highest BCUT2D eigenvalue weighted by Gasteiger charge is 2.40. The quantitative estimate of drug-likeness (QED) is 0.161. The molecule has 1 fully saturated rings. The number of hydrogen-bond donors (Lipinski definition) is 6. The smallest absolute Gasteiger partial charge is 0.326 e. The number of carbonyl (C=O) groups excluding carboxylic acids is 4. The van der Waals surface area contributed by atoms with Crippen molar-refractivity contribution in [1.82, 2.24) is 20.9 Å². The van der Waals surface area contributed by atoms with Crippen molar-refractivity contribution in [2.45, 2.75) is 90.4 Å². The summed E-state index contributed by atoms with van der Waals surface area (Å²) in [6.07, 6.45) is 1.07. The standard InChI is InChI=1S/C24H41N5O8/c1-5-14(4)20(28-18(30)12-26-21(33)15(25)11-13(2)3)23(35)29-10-6-7-17(29)22(34)27-16(24(36)37)8-9-19(31)32/h13-17,20H,5-12,25H2,1-4H3,(H,26,33)(H,27,34)(H,28,30)(H,31,32)(H,36,37). The number of aliphatic carboxylic acids is 2. The normalized spacial score (nSPS) is 18.4. The van der Waals surface area contributed by atoms with Crippen LogP contribution in [0, 0.1) is 11.8 Å². The molecule has 0 bridgehead atoms. The second-order valence-electron chi connectivity index (χ2n) is 9.91. The van der Waals surface area contributed by atoms with E-state index in [0.29, 0.717) is 25.7 Å². The van der Waals surface area contributed by atoms with Gasteiger partial charge in [0, 0.05) is 13.0 Å². The summed E-state index contributed by atoms with van der Waals surface area (Å²) in [6.45, 7) is 7.35. The van der Waals surface area contributed by atoms with Crippen molar-refractivity contribution in [3.8, 4) is 0 Å². The number of nitrogens with zero attached hydrogens (tertiary/aromatic N) is 1. The van der Waals surface area contributed by atoms with Crippen molar-refractivity contribution < 1.29 is 39.0 Å². The van der Waals surface area contributed by atoms with Crippen LogP contribution < -0.4 is 21.7 Å². The zero-order valence-corrected chi connectivity index (χ0v) is 22.0. The van der Waals surface area contributed by atoms with Crippen molar-refractivity contribution in [3.63, 3.8) is 0 Å². The summed E-state index contributed by atoms with van der Waals surface area (Å²) < 4.78 is 0. The average Bonchev–Trinajstić information content (AvgIpc) is 3.31. The highest BCUT2D eigenvalue weighted by Crippen LogP contribution is 2.22. The molecule has 1 heterocycles. The van der Waals surface area contributed by atoms with Gasteiger partial charge >= 0.3 is 11.9 Å². The molecule has 5 unspecified atom stereocenters. The van der Waals surface area contributed by atoms with Gasteiger partial charge in [0.1, 0.15) is 18.1 Å². The minimum absolute atomic E-state index is 0.204. The van der Waals surface area contributed by atoms with Crippen LogP contribution in [-0.4, -0.2) is 87.9 Å². The van der Waals surface area contributed by atoms with E-state index in [9.17, 15) is 33.9 Å². The third kappa shape index (κ3) is 10.3. The van der Waals surface area contributed by atoms with Crippen LogP contribution in [0.15, 0.2) is 0 Å². The lowest BCUT2D eigenvalue weighted by Gasteiger charge is -2.31. The van der Waals surface area contributed by atoms with E-state index in [0.717, 1.165) is 0 Å². The molecule has 1 saturated heterocycles. The predicted molar refractivity (Wildman–Crippen MR) is 133 cm³/mol. The molecule has 0 aromatic carbocycles. The van der Waals surface area contributed by atoms with Gasteiger partial charge in [0.2, 0.25) is 23.6 Å². The molecule has 13 nitrogen and oxygen atoms in total. The van der Waals surface area contributed by atoms with Crippen LogP contribution in [0.1, 0.15) is 66.2 Å². The Morgan fingerprint density at radius 1 is 1.05 bits per heavy atom. The van der Waals surface area contributed by atoms with Gasteiger partial charge in [-0.1, -0.05) is 34.1 Å². The first-order valence-electron chi connectivity index (χ1n) is 12.7. The number of carbonyl (C=O) groups is 6. The number of amides is 4. The number of hydrogen-bond acceptors (Lipinski definition) is 7. The number of rotatable bonds is 15. The summed E-state index contributed by atoms with van der Waals surface area (Å²) >= 11 is 0. The van der Waals surface area contributed by atoms with E-state index in [-0.39, 0.29) is 31.3 Å². The molecular weight excluding hydrogens is 486 g/mol. The minimum atomic E-state index is -1.41. The van der Waals surface area contributed by atoms with Crippen LogP contribution in [0.5, 0.6) is 0 Å². The van der Waals surface area contributed by atoms with Crippen LogP contribution in [0.2, 0.25) is 0 Å². The zero-order chi connectivity index (χ0) is 28.3. The molecule has 210 valence electrons. The van der Waals surface area contributed by atoms with Crippen molar-refractivity contribution in [1.29, 1.82) is 0 Å². The van der Waals surface area contributed by atoms with E-state index in [2.05, 4.69) is 16.0 Å². The predicted octanol–water partition coefficient (Wildman–Crippen LogP) is -0.568. The number of carboxylic acid groups (broad SMARTS) is 2. The molecular formula is C24H41N5O8. The lowest BCUT2D eigenvalue weighted by Crippen LogP contribution is -2.57. The Kier molecular flexibility index (Phi) is 13.0. The van der Waals surface area contributed by atoms with Crippen molar-refractivity contribution in [3.05, 3.63) is 0 Å². The van der Waals surface area contributed by atoms with Gasteiger partial charge in [0.25, 0.3) is 0 Å². The van der Waals surface area contributed by atoms with Gasteiger partial charge in [0.15, 0.2) is 0 Å². The second-order valence-corrected chi connectivity index (χ2v) is 9.91. The van der Waals surface area contributed by atoms with Gasteiger partial charge in [-0.25, -0.2) is 4.79 Å². The molecule has 13 heteroatoms. The molecule has 1 aliphatic rings. The Labute approximate surface area is 216 Å². The van der Waals surface area contributed by atoms with E-state index >= 15 is 0 Å². The van der Waals surface area contributed by atoms with Crippen molar-refractivity contribution >= 4 is 35.6 Å². The van der Waals surface area contributed by atoms with Crippen LogP contribution in [-0.2, 0) is 28.8 Å². The van der Waals surface area contributed by atoms with Crippen molar-refractivity contribution in [2.24, 2.45) is 17.6 Å². The summed E-state index contributed by atoms with van der Waals surface area (Å²) in [5, 5.41) is 25.6. The fraction of sp³-hybridized carbons (Fsp3) is 0.750. The Morgan fingerprint density at radius 3 is 2.24 bits per heavy atom. The average molecular weight is 528 g/mol. The lowest BCUT2D eigenvalue weighted by molar-refractivity contribution is -0.145. The van der Waals surface area contributed by atoms with E-state index in [4.69, 9.17) is 10.8 Å². The van der Waals surface area contributed by atoms with E-state index in [1.54, 1.807) is 6.92 Å². The molecule has 5 atom stereocenters. The molecule has 37 heavy (non-hydrogen) atoms. The monoisotopic (exact) mass is 527 g/mol. The Morgan fingerprint density at radius 2 is 1.70 bits per heavy atom. The molecule has 4 amide bonds. The Balaban J connectivity index is 2.87. The fourth-order valence-corrected chi connectivity index (χ4v) is 4.10. The maximum absolute atomic E-state index is 13.4. The number of nitrogens with one attached hydrogen (secondary N) is 3. The summed E-state index contributed by atoms with van der Waals surface area (Å²) in [5.74, 6) is -4.87.